The Morgan fingerprint density at radius 3 is 2.63 bits per heavy atom. The highest BCUT2D eigenvalue weighted by atomic mass is 32.1. The van der Waals surface area contributed by atoms with Crippen molar-refractivity contribution in [3.05, 3.63) is 46.8 Å². The maximum atomic E-state index is 12.8. The Morgan fingerprint density at radius 1 is 1.19 bits per heavy atom. The third-order valence-electron chi connectivity index (χ3n) is 5.16. The zero-order valence-corrected chi connectivity index (χ0v) is 15.3. The van der Waals surface area contributed by atoms with Gasteiger partial charge in [0.25, 0.3) is 5.91 Å². The highest BCUT2D eigenvalue weighted by Crippen LogP contribution is 2.35. The van der Waals surface area contributed by atoms with E-state index in [1.54, 1.807) is 12.1 Å². The van der Waals surface area contributed by atoms with Crippen molar-refractivity contribution in [1.82, 2.24) is 10.2 Å². The molecule has 3 aliphatic rings. The van der Waals surface area contributed by atoms with Crippen LogP contribution >= 0.6 is 11.3 Å². The Bertz CT molecular complexity index is 828. The van der Waals surface area contributed by atoms with Gasteiger partial charge in [-0.3, -0.25) is 4.79 Å². The lowest BCUT2D eigenvalue weighted by Crippen LogP contribution is -2.57. The smallest absolute Gasteiger partial charge is 0.416 e. The molecule has 3 saturated heterocycles. The zero-order valence-electron chi connectivity index (χ0n) is 14.5. The van der Waals surface area contributed by atoms with Crippen LogP contribution in [0.1, 0.15) is 28.1 Å². The molecule has 4 nitrogen and oxygen atoms in total. The summed E-state index contributed by atoms with van der Waals surface area (Å²) in [6.07, 6.45) is -2.20. The Kier molecular flexibility index (Phi) is 4.86. The first-order valence-electron chi connectivity index (χ1n) is 8.87. The summed E-state index contributed by atoms with van der Waals surface area (Å²) in [5, 5.41) is 3.48. The van der Waals surface area contributed by atoms with Crippen molar-refractivity contribution in [2.45, 2.75) is 25.1 Å². The van der Waals surface area contributed by atoms with Gasteiger partial charge in [0.2, 0.25) is 0 Å². The van der Waals surface area contributed by atoms with Crippen LogP contribution in [0.3, 0.4) is 0 Å². The Balaban J connectivity index is 1.40. The second-order valence-corrected chi connectivity index (χ2v) is 8.01. The van der Waals surface area contributed by atoms with Gasteiger partial charge in [-0.2, -0.15) is 13.2 Å². The summed E-state index contributed by atoms with van der Waals surface area (Å²) in [4.78, 5) is 15.4. The molecule has 4 heterocycles. The first-order valence-corrected chi connectivity index (χ1v) is 9.68. The number of ether oxygens (including phenoxy) is 1. The molecule has 2 bridgehead atoms. The number of amides is 1. The molecule has 5 rings (SSSR count). The van der Waals surface area contributed by atoms with Crippen molar-refractivity contribution in [3.8, 4) is 10.8 Å². The molecule has 27 heavy (non-hydrogen) atoms. The van der Waals surface area contributed by atoms with Gasteiger partial charge in [0.1, 0.15) is 5.75 Å². The normalized spacial score (nSPS) is 24.6. The lowest BCUT2D eigenvalue weighted by molar-refractivity contribution is -0.137. The van der Waals surface area contributed by atoms with E-state index in [2.05, 4.69) is 10.2 Å². The van der Waals surface area contributed by atoms with Crippen LogP contribution in [0.2, 0.25) is 0 Å². The number of carbonyl (C=O) groups excluding carboxylic acids is 1. The molecule has 1 unspecified atom stereocenters. The SMILES string of the molecule is O=C(NC1CN2CCC1CC2)c1ccc(Oc2cccc(C(F)(F)F)c2)s1. The summed E-state index contributed by atoms with van der Waals surface area (Å²) in [6, 6.07) is 8.12. The Morgan fingerprint density at radius 2 is 1.96 bits per heavy atom. The highest BCUT2D eigenvalue weighted by molar-refractivity contribution is 7.15. The van der Waals surface area contributed by atoms with Crippen molar-refractivity contribution in [2.75, 3.05) is 19.6 Å². The van der Waals surface area contributed by atoms with Crippen LogP contribution < -0.4 is 10.1 Å². The molecule has 3 fully saturated rings. The lowest BCUT2D eigenvalue weighted by Gasteiger charge is -2.44. The molecular formula is C19H19F3N2O2S. The van der Waals surface area contributed by atoms with Crippen LogP contribution in [0.25, 0.3) is 0 Å². The van der Waals surface area contributed by atoms with E-state index >= 15 is 0 Å². The first-order chi connectivity index (χ1) is 12.9. The number of alkyl halides is 3. The summed E-state index contributed by atoms with van der Waals surface area (Å²) < 4.78 is 43.9. The number of nitrogens with zero attached hydrogens (tertiary/aromatic N) is 1. The van der Waals surface area contributed by atoms with Gasteiger partial charge in [-0.25, -0.2) is 0 Å². The molecule has 1 N–H and O–H groups in total. The summed E-state index contributed by atoms with van der Waals surface area (Å²) in [6.45, 7) is 3.09. The fourth-order valence-electron chi connectivity index (χ4n) is 3.72. The van der Waals surface area contributed by atoms with Gasteiger partial charge < -0.3 is 15.0 Å². The largest absolute Gasteiger partial charge is 0.447 e. The monoisotopic (exact) mass is 396 g/mol. The number of hydrogen-bond donors (Lipinski definition) is 1. The van der Waals surface area contributed by atoms with E-state index in [4.69, 9.17) is 4.74 Å². The van der Waals surface area contributed by atoms with E-state index in [1.165, 1.54) is 12.1 Å². The van der Waals surface area contributed by atoms with Crippen LogP contribution in [0, 0.1) is 5.92 Å². The van der Waals surface area contributed by atoms with E-state index < -0.39 is 11.7 Å². The lowest BCUT2D eigenvalue weighted by atomic mass is 9.84. The number of benzene rings is 1. The number of piperidine rings is 3. The highest BCUT2D eigenvalue weighted by Gasteiger charge is 2.35. The topological polar surface area (TPSA) is 41.6 Å². The first kappa shape index (κ1) is 18.3. The maximum Gasteiger partial charge on any atom is 0.416 e. The van der Waals surface area contributed by atoms with Gasteiger partial charge >= 0.3 is 6.18 Å². The average Bonchev–Trinajstić information content (AvgIpc) is 3.11. The van der Waals surface area contributed by atoms with Gasteiger partial charge in [-0.15, -0.1) is 0 Å². The molecule has 1 aromatic heterocycles. The molecule has 0 saturated carbocycles. The summed E-state index contributed by atoms with van der Waals surface area (Å²) in [5.74, 6) is 0.466. The molecule has 1 aromatic carbocycles. The summed E-state index contributed by atoms with van der Waals surface area (Å²) in [5.41, 5.74) is -0.767. The van der Waals surface area contributed by atoms with Gasteiger partial charge in [0, 0.05) is 12.6 Å². The Labute approximate surface area is 158 Å². The molecule has 3 aliphatic heterocycles. The fourth-order valence-corrected chi connectivity index (χ4v) is 4.50. The minimum atomic E-state index is -4.42. The van der Waals surface area contributed by atoms with E-state index in [-0.39, 0.29) is 17.7 Å². The second kappa shape index (κ2) is 7.16. The molecular weight excluding hydrogens is 377 g/mol. The van der Waals surface area contributed by atoms with Crippen molar-refractivity contribution >= 4 is 17.2 Å². The molecule has 0 radical (unpaired) electrons. The van der Waals surface area contributed by atoms with E-state index in [0.717, 1.165) is 55.9 Å². The predicted molar refractivity (Wildman–Crippen MR) is 96.3 cm³/mol. The van der Waals surface area contributed by atoms with Crippen molar-refractivity contribution in [3.63, 3.8) is 0 Å². The third-order valence-corrected chi connectivity index (χ3v) is 6.12. The van der Waals surface area contributed by atoms with Crippen LogP contribution in [0.4, 0.5) is 13.2 Å². The third kappa shape index (κ3) is 4.11. The van der Waals surface area contributed by atoms with Crippen LogP contribution in [-0.2, 0) is 6.18 Å². The number of rotatable bonds is 4. The quantitative estimate of drug-likeness (QED) is 0.834. The number of carbonyl (C=O) groups is 1. The summed E-state index contributed by atoms with van der Waals surface area (Å²) in [7, 11) is 0. The Hall–Kier alpha value is -2.06. The van der Waals surface area contributed by atoms with E-state index in [1.807, 2.05) is 0 Å². The molecule has 8 heteroatoms. The molecule has 1 amide bonds. The second-order valence-electron chi connectivity index (χ2n) is 6.96. The van der Waals surface area contributed by atoms with Gasteiger partial charge in [-0.05, 0) is 62.2 Å². The molecule has 144 valence electrons. The van der Waals surface area contributed by atoms with Gasteiger partial charge in [0.15, 0.2) is 5.06 Å². The van der Waals surface area contributed by atoms with Crippen LogP contribution in [0.5, 0.6) is 10.8 Å². The zero-order chi connectivity index (χ0) is 19.0. The predicted octanol–water partition coefficient (Wildman–Crippen LogP) is 4.38. The van der Waals surface area contributed by atoms with Crippen LogP contribution in [0.15, 0.2) is 36.4 Å². The molecule has 1 atom stereocenters. The fraction of sp³-hybridized carbons (Fsp3) is 0.421. The number of nitrogens with one attached hydrogen (secondary N) is 1. The molecule has 0 aliphatic carbocycles. The van der Waals surface area contributed by atoms with Crippen LogP contribution in [-0.4, -0.2) is 36.5 Å². The van der Waals surface area contributed by atoms with Crippen molar-refractivity contribution in [1.29, 1.82) is 0 Å². The minimum absolute atomic E-state index is 0.0935. The summed E-state index contributed by atoms with van der Waals surface area (Å²) >= 11 is 1.13. The van der Waals surface area contributed by atoms with Gasteiger partial charge in [0.05, 0.1) is 10.4 Å². The maximum absolute atomic E-state index is 12.8. The molecule has 2 aromatic rings. The number of halogens is 3. The van der Waals surface area contributed by atoms with E-state index in [9.17, 15) is 18.0 Å². The average molecular weight is 396 g/mol. The van der Waals surface area contributed by atoms with Crippen molar-refractivity contribution < 1.29 is 22.7 Å². The number of thiophene rings is 1. The standard InChI is InChI=1S/C19H19F3N2O2S/c20-19(21,22)13-2-1-3-14(10-13)26-17-5-4-16(27-17)18(25)23-15-11-24-8-6-12(15)7-9-24/h1-5,10,12,15H,6-9,11H2,(H,23,25). The van der Waals surface area contributed by atoms with Crippen molar-refractivity contribution in [2.24, 2.45) is 5.92 Å². The number of fused-ring (bicyclic) bond motifs is 3. The van der Waals surface area contributed by atoms with E-state index in [0.29, 0.717) is 15.9 Å². The molecule has 0 spiro atoms. The van der Waals surface area contributed by atoms with Gasteiger partial charge in [-0.1, -0.05) is 17.4 Å². The minimum Gasteiger partial charge on any atom is -0.447 e. The number of hydrogen-bond acceptors (Lipinski definition) is 4.